The fraction of sp³-hybridized carbons (Fsp3) is 1.00. The molecule has 0 radical (unpaired) electrons. The molecule has 0 spiro atoms. The van der Waals surface area contributed by atoms with Crippen molar-refractivity contribution < 1.29 is 4.74 Å². The Morgan fingerprint density at radius 2 is 2.13 bits per heavy atom. The molecule has 0 amide bonds. The molecule has 2 unspecified atom stereocenters. The predicted molar refractivity (Wildman–Crippen MR) is 64.2 cm³/mol. The van der Waals surface area contributed by atoms with Gasteiger partial charge in [0.1, 0.15) is 0 Å². The second kappa shape index (κ2) is 6.46. The van der Waals surface area contributed by atoms with Gasteiger partial charge in [0.15, 0.2) is 0 Å². The van der Waals surface area contributed by atoms with E-state index in [-0.39, 0.29) is 0 Å². The molecule has 0 saturated carbocycles. The van der Waals surface area contributed by atoms with Crippen LogP contribution in [0.3, 0.4) is 0 Å². The van der Waals surface area contributed by atoms with Crippen molar-refractivity contribution in [1.82, 2.24) is 10.2 Å². The first-order valence-corrected chi connectivity index (χ1v) is 6.08. The summed E-state index contributed by atoms with van der Waals surface area (Å²) >= 11 is 0. The van der Waals surface area contributed by atoms with Crippen LogP contribution in [0.5, 0.6) is 0 Å². The van der Waals surface area contributed by atoms with Gasteiger partial charge in [-0.1, -0.05) is 13.8 Å². The van der Waals surface area contributed by atoms with Gasteiger partial charge in [-0.3, -0.25) is 0 Å². The zero-order chi connectivity index (χ0) is 11.3. The summed E-state index contributed by atoms with van der Waals surface area (Å²) < 4.78 is 5.49. The van der Waals surface area contributed by atoms with Gasteiger partial charge in [-0.2, -0.15) is 0 Å². The standard InChI is InChI=1S/C12H26N2O/c1-10(2)12(8-14(3)4)13-11-6-5-7-15-9-11/h10-13H,5-9H2,1-4H3. The third-order valence-electron chi connectivity index (χ3n) is 2.98. The van der Waals surface area contributed by atoms with E-state index in [4.69, 9.17) is 4.74 Å². The average Bonchev–Trinajstić information content (AvgIpc) is 2.17. The van der Waals surface area contributed by atoms with Gasteiger partial charge in [0.2, 0.25) is 0 Å². The van der Waals surface area contributed by atoms with E-state index < -0.39 is 0 Å². The fourth-order valence-corrected chi connectivity index (χ4v) is 2.02. The smallest absolute Gasteiger partial charge is 0.0619 e. The molecule has 1 saturated heterocycles. The highest BCUT2D eigenvalue weighted by Gasteiger charge is 2.20. The van der Waals surface area contributed by atoms with Crippen LogP contribution in [0.1, 0.15) is 26.7 Å². The van der Waals surface area contributed by atoms with E-state index in [2.05, 4.69) is 38.2 Å². The maximum atomic E-state index is 5.49. The highest BCUT2D eigenvalue weighted by molar-refractivity contribution is 4.79. The van der Waals surface area contributed by atoms with E-state index in [0.717, 1.165) is 19.8 Å². The van der Waals surface area contributed by atoms with Crippen molar-refractivity contribution in [2.24, 2.45) is 5.92 Å². The van der Waals surface area contributed by atoms with Crippen molar-refractivity contribution in [3.05, 3.63) is 0 Å². The maximum absolute atomic E-state index is 5.49. The molecule has 3 heteroatoms. The number of likely N-dealkylation sites (N-methyl/N-ethyl adjacent to an activating group) is 1. The highest BCUT2D eigenvalue weighted by Crippen LogP contribution is 2.10. The van der Waals surface area contributed by atoms with Crippen LogP contribution in [0.15, 0.2) is 0 Å². The van der Waals surface area contributed by atoms with Gasteiger partial charge in [-0.05, 0) is 32.9 Å². The average molecular weight is 214 g/mol. The Balaban J connectivity index is 2.35. The molecule has 1 aliphatic heterocycles. The molecule has 0 aromatic rings. The summed E-state index contributed by atoms with van der Waals surface area (Å²) in [4.78, 5) is 2.25. The minimum Gasteiger partial charge on any atom is -0.380 e. The molecule has 1 N–H and O–H groups in total. The number of nitrogens with one attached hydrogen (secondary N) is 1. The SMILES string of the molecule is CC(C)C(CN(C)C)NC1CCCOC1. The van der Waals surface area contributed by atoms with Crippen LogP contribution in [-0.4, -0.2) is 50.8 Å². The molecule has 2 atom stereocenters. The Hall–Kier alpha value is -0.120. The van der Waals surface area contributed by atoms with Gasteiger partial charge >= 0.3 is 0 Å². The Bertz CT molecular complexity index is 165. The van der Waals surface area contributed by atoms with Gasteiger partial charge in [0.05, 0.1) is 6.61 Å². The predicted octanol–water partition coefficient (Wildman–Crippen LogP) is 1.34. The van der Waals surface area contributed by atoms with Gasteiger partial charge in [0.25, 0.3) is 0 Å². The summed E-state index contributed by atoms with van der Waals surface area (Å²) in [5.74, 6) is 0.675. The van der Waals surface area contributed by atoms with Gasteiger partial charge in [-0.15, -0.1) is 0 Å². The van der Waals surface area contributed by atoms with Crippen molar-refractivity contribution in [1.29, 1.82) is 0 Å². The lowest BCUT2D eigenvalue weighted by Gasteiger charge is -2.32. The van der Waals surface area contributed by atoms with Crippen molar-refractivity contribution in [3.63, 3.8) is 0 Å². The third kappa shape index (κ3) is 4.96. The minimum atomic E-state index is 0.561. The normalized spacial score (nSPS) is 24.8. The Kier molecular flexibility index (Phi) is 5.58. The van der Waals surface area contributed by atoms with E-state index in [1.807, 2.05) is 0 Å². The molecular formula is C12H26N2O. The topological polar surface area (TPSA) is 24.5 Å². The van der Waals surface area contributed by atoms with E-state index in [1.165, 1.54) is 12.8 Å². The van der Waals surface area contributed by atoms with Crippen LogP contribution >= 0.6 is 0 Å². The van der Waals surface area contributed by atoms with Crippen LogP contribution in [0.4, 0.5) is 0 Å². The zero-order valence-electron chi connectivity index (χ0n) is 10.6. The summed E-state index contributed by atoms with van der Waals surface area (Å²) in [5.41, 5.74) is 0. The molecule has 0 aromatic heterocycles. The molecule has 1 heterocycles. The first-order valence-electron chi connectivity index (χ1n) is 6.08. The van der Waals surface area contributed by atoms with Gasteiger partial charge in [0, 0.05) is 25.2 Å². The van der Waals surface area contributed by atoms with E-state index in [0.29, 0.717) is 18.0 Å². The number of nitrogens with zero attached hydrogens (tertiary/aromatic N) is 1. The van der Waals surface area contributed by atoms with E-state index >= 15 is 0 Å². The monoisotopic (exact) mass is 214 g/mol. The quantitative estimate of drug-likeness (QED) is 0.747. The molecule has 3 nitrogen and oxygen atoms in total. The first-order chi connectivity index (χ1) is 7.09. The number of rotatable bonds is 5. The summed E-state index contributed by atoms with van der Waals surface area (Å²) in [5, 5.41) is 3.72. The Morgan fingerprint density at radius 3 is 2.60 bits per heavy atom. The Labute approximate surface area is 94.2 Å². The van der Waals surface area contributed by atoms with Crippen LogP contribution in [0.2, 0.25) is 0 Å². The third-order valence-corrected chi connectivity index (χ3v) is 2.98. The largest absolute Gasteiger partial charge is 0.380 e. The molecule has 1 rings (SSSR count). The molecule has 90 valence electrons. The number of hydrogen-bond acceptors (Lipinski definition) is 3. The summed E-state index contributed by atoms with van der Waals surface area (Å²) in [6.45, 7) is 7.50. The van der Waals surface area contributed by atoms with Gasteiger partial charge in [-0.25, -0.2) is 0 Å². The minimum absolute atomic E-state index is 0.561. The van der Waals surface area contributed by atoms with Crippen LogP contribution < -0.4 is 5.32 Å². The van der Waals surface area contributed by atoms with Crippen molar-refractivity contribution in [3.8, 4) is 0 Å². The molecule has 1 aliphatic rings. The summed E-state index contributed by atoms with van der Waals surface area (Å²) in [6.07, 6.45) is 2.46. The molecular weight excluding hydrogens is 188 g/mol. The number of ether oxygens (including phenoxy) is 1. The van der Waals surface area contributed by atoms with Crippen molar-refractivity contribution in [2.75, 3.05) is 33.9 Å². The molecule has 0 aliphatic carbocycles. The molecule has 0 bridgehead atoms. The lowest BCUT2D eigenvalue weighted by molar-refractivity contribution is 0.0620. The Morgan fingerprint density at radius 1 is 1.40 bits per heavy atom. The van der Waals surface area contributed by atoms with Gasteiger partial charge < -0.3 is 15.0 Å². The second-order valence-electron chi connectivity index (χ2n) is 5.19. The molecule has 1 fully saturated rings. The second-order valence-corrected chi connectivity index (χ2v) is 5.19. The van der Waals surface area contributed by atoms with Crippen LogP contribution in [0.25, 0.3) is 0 Å². The lowest BCUT2D eigenvalue weighted by atomic mass is 10.0. The maximum Gasteiger partial charge on any atom is 0.0619 e. The highest BCUT2D eigenvalue weighted by atomic mass is 16.5. The van der Waals surface area contributed by atoms with Crippen LogP contribution in [0, 0.1) is 5.92 Å². The molecule has 0 aromatic carbocycles. The first kappa shape index (κ1) is 12.9. The summed E-state index contributed by atoms with van der Waals surface area (Å²) in [6, 6.07) is 1.14. The van der Waals surface area contributed by atoms with E-state index in [9.17, 15) is 0 Å². The van der Waals surface area contributed by atoms with Crippen molar-refractivity contribution >= 4 is 0 Å². The zero-order valence-corrected chi connectivity index (χ0v) is 10.6. The van der Waals surface area contributed by atoms with E-state index in [1.54, 1.807) is 0 Å². The van der Waals surface area contributed by atoms with Crippen LogP contribution in [-0.2, 0) is 4.74 Å². The fourth-order valence-electron chi connectivity index (χ4n) is 2.02. The molecule has 15 heavy (non-hydrogen) atoms. The lowest BCUT2D eigenvalue weighted by Crippen LogP contribution is -2.49. The summed E-state index contributed by atoms with van der Waals surface area (Å²) in [7, 11) is 4.27. The number of hydrogen-bond donors (Lipinski definition) is 1. The van der Waals surface area contributed by atoms with Crippen molar-refractivity contribution in [2.45, 2.75) is 38.8 Å².